The Balaban J connectivity index is 1.34. The van der Waals surface area contributed by atoms with E-state index in [0.717, 1.165) is 55.6 Å². The van der Waals surface area contributed by atoms with E-state index >= 15 is 0 Å². The van der Waals surface area contributed by atoms with E-state index in [2.05, 4.69) is 33.7 Å². The number of halogens is 1. The van der Waals surface area contributed by atoms with Gasteiger partial charge in [0.15, 0.2) is 5.96 Å². The zero-order chi connectivity index (χ0) is 23.8. The number of aryl methyl sites for hydroxylation is 1. The predicted octanol–water partition coefficient (Wildman–Crippen LogP) is 3.74. The van der Waals surface area contributed by atoms with Gasteiger partial charge in [-0.1, -0.05) is 48.5 Å². The van der Waals surface area contributed by atoms with E-state index in [-0.39, 0.29) is 11.5 Å². The van der Waals surface area contributed by atoms with Gasteiger partial charge in [-0.2, -0.15) is 0 Å². The number of morpholine rings is 1. The molecule has 0 atom stereocenters. The molecule has 0 radical (unpaired) electrons. The zero-order valence-corrected chi connectivity index (χ0v) is 19.3. The predicted molar refractivity (Wildman–Crippen MR) is 133 cm³/mol. The lowest BCUT2D eigenvalue weighted by Crippen LogP contribution is -2.42. The van der Waals surface area contributed by atoms with Crippen LogP contribution in [0.2, 0.25) is 0 Å². The van der Waals surface area contributed by atoms with Crippen molar-refractivity contribution in [3.63, 3.8) is 0 Å². The molecule has 3 N–H and O–H groups in total. The van der Waals surface area contributed by atoms with Gasteiger partial charge in [-0.25, -0.2) is 4.39 Å². The zero-order valence-electron chi connectivity index (χ0n) is 19.3. The number of nitrogens with zero attached hydrogens (tertiary/aromatic N) is 1. The van der Waals surface area contributed by atoms with Crippen LogP contribution in [-0.4, -0.2) is 56.2 Å². The van der Waals surface area contributed by atoms with Crippen molar-refractivity contribution in [3.05, 3.63) is 83.2 Å². The van der Waals surface area contributed by atoms with E-state index in [9.17, 15) is 9.18 Å². The van der Waals surface area contributed by atoms with E-state index in [4.69, 9.17) is 10.1 Å². The van der Waals surface area contributed by atoms with Crippen LogP contribution in [0.3, 0.4) is 0 Å². The van der Waals surface area contributed by atoms with Gasteiger partial charge in [0.1, 0.15) is 5.82 Å². The molecule has 1 amide bonds. The van der Waals surface area contributed by atoms with Crippen molar-refractivity contribution in [1.29, 1.82) is 5.41 Å². The molecule has 1 aliphatic rings. The summed E-state index contributed by atoms with van der Waals surface area (Å²) in [7, 11) is 0. The number of rotatable bonds is 8. The van der Waals surface area contributed by atoms with Crippen molar-refractivity contribution in [2.75, 3.05) is 39.4 Å². The van der Waals surface area contributed by atoms with Crippen LogP contribution in [0.5, 0.6) is 0 Å². The third-order valence-corrected chi connectivity index (χ3v) is 6.18. The van der Waals surface area contributed by atoms with Crippen LogP contribution in [0.15, 0.2) is 60.7 Å². The quantitative estimate of drug-likeness (QED) is 0.271. The van der Waals surface area contributed by atoms with Crippen LogP contribution < -0.4 is 10.6 Å². The van der Waals surface area contributed by atoms with Gasteiger partial charge in [0.25, 0.3) is 5.91 Å². The number of hydrogen-bond acceptors (Lipinski definition) is 4. The van der Waals surface area contributed by atoms with E-state index in [1.807, 2.05) is 24.3 Å². The lowest BCUT2D eigenvalue weighted by molar-refractivity contribution is 0.0376. The molecule has 178 valence electrons. The fourth-order valence-electron chi connectivity index (χ4n) is 4.36. The minimum atomic E-state index is -0.474. The first-order valence-corrected chi connectivity index (χ1v) is 11.8. The fraction of sp³-hybridized carbons (Fsp3) is 0.333. The average Bonchev–Trinajstić information content (AvgIpc) is 2.86. The Kier molecular flexibility index (Phi) is 8.22. The number of guanidine groups is 1. The fourth-order valence-corrected chi connectivity index (χ4v) is 4.36. The monoisotopic (exact) mass is 462 g/mol. The molecule has 34 heavy (non-hydrogen) atoms. The number of hydrogen-bond donors (Lipinski definition) is 3. The molecule has 4 rings (SSSR count). The van der Waals surface area contributed by atoms with Crippen molar-refractivity contribution in [2.24, 2.45) is 0 Å². The molecule has 6 nitrogen and oxygen atoms in total. The minimum absolute atomic E-state index is 0.0729. The van der Waals surface area contributed by atoms with Gasteiger partial charge >= 0.3 is 0 Å². The molecule has 0 bridgehead atoms. The van der Waals surface area contributed by atoms with E-state index < -0.39 is 11.7 Å². The maximum Gasteiger partial charge on any atom is 0.258 e. The molecule has 0 saturated carbocycles. The lowest BCUT2D eigenvalue weighted by atomic mass is 9.96. The highest BCUT2D eigenvalue weighted by Gasteiger charge is 2.17. The van der Waals surface area contributed by atoms with E-state index in [1.165, 1.54) is 12.1 Å². The summed E-state index contributed by atoms with van der Waals surface area (Å²) in [6.45, 7) is 4.86. The van der Waals surface area contributed by atoms with Gasteiger partial charge in [-0.3, -0.25) is 20.4 Å². The summed E-state index contributed by atoms with van der Waals surface area (Å²) in [4.78, 5) is 15.2. The van der Waals surface area contributed by atoms with Crippen LogP contribution in [-0.2, 0) is 17.6 Å². The molecule has 0 unspecified atom stereocenters. The summed E-state index contributed by atoms with van der Waals surface area (Å²) in [5.41, 5.74) is 1.75. The first-order valence-electron chi connectivity index (χ1n) is 11.8. The summed E-state index contributed by atoms with van der Waals surface area (Å²) in [5, 5.41) is 15.8. The molecule has 1 heterocycles. The third-order valence-electron chi connectivity index (χ3n) is 6.18. The second-order valence-corrected chi connectivity index (χ2v) is 8.47. The second kappa shape index (κ2) is 11.7. The summed E-state index contributed by atoms with van der Waals surface area (Å²) in [6.07, 6.45) is 1.86. The normalized spacial score (nSPS) is 14.1. The molecule has 1 fully saturated rings. The SMILES string of the molecule is N=C(NCCCN1CCOCC1)NC(=O)c1cccc(F)c1CCc1cccc2ccccc12. The van der Waals surface area contributed by atoms with Crippen molar-refractivity contribution in [2.45, 2.75) is 19.3 Å². The number of carbonyl (C=O) groups excluding carboxylic acids is 1. The highest BCUT2D eigenvalue weighted by atomic mass is 19.1. The second-order valence-electron chi connectivity index (χ2n) is 8.47. The van der Waals surface area contributed by atoms with Gasteiger partial charge in [-0.05, 0) is 54.3 Å². The molecule has 0 aliphatic carbocycles. The van der Waals surface area contributed by atoms with E-state index in [1.54, 1.807) is 6.07 Å². The highest BCUT2D eigenvalue weighted by molar-refractivity contribution is 6.05. The van der Waals surface area contributed by atoms with Crippen LogP contribution in [0.4, 0.5) is 4.39 Å². The number of carbonyl (C=O) groups is 1. The molecule has 0 spiro atoms. The maximum atomic E-state index is 14.7. The number of benzene rings is 3. The molecular formula is C27H31FN4O2. The van der Waals surface area contributed by atoms with Crippen LogP contribution >= 0.6 is 0 Å². The number of ether oxygens (including phenoxy) is 1. The van der Waals surface area contributed by atoms with Crippen LogP contribution in [0, 0.1) is 11.2 Å². The van der Waals surface area contributed by atoms with Gasteiger partial charge in [-0.15, -0.1) is 0 Å². The Morgan fingerprint density at radius 2 is 1.76 bits per heavy atom. The smallest absolute Gasteiger partial charge is 0.258 e. The minimum Gasteiger partial charge on any atom is -0.379 e. The molecule has 3 aromatic carbocycles. The Morgan fingerprint density at radius 1 is 1.00 bits per heavy atom. The van der Waals surface area contributed by atoms with Crippen LogP contribution in [0.25, 0.3) is 10.8 Å². The third kappa shape index (κ3) is 6.18. The number of amides is 1. The Hall–Kier alpha value is -3.29. The number of fused-ring (bicyclic) bond motifs is 1. The van der Waals surface area contributed by atoms with Gasteiger partial charge < -0.3 is 10.1 Å². The molecule has 3 aromatic rings. The standard InChI is InChI=1S/C27H31FN4O2/c28-25-11-4-10-24(23(25)13-12-21-8-3-7-20-6-1-2-9-22(20)21)26(33)31-27(29)30-14-5-15-32-16-18-34-19-17-32/h1-4,6-11H,5,12-19H2,(H3,29,30,31,33). The molecular weight excluding hydrogens is 431 g/mol. The van der Waals surface area contributed by atoms with Crippen molar-refractivity contribution >= 4 is 22.6 Å². The lowest BCUT2D eigenvalue weighted by Gasteiger charge is -2.26. The first kappa shape index (κ1) is 23.9. The topological polar surface area (TPSA) is 77.5 Å². The summed E-state index contributed by atoms with van der Waals surface area (Å²) in [6, 6.07) is 18.7. The molecule has 1 aliphatic heterocycles. The highest BCUT2D eigenvalue weighted by Crippen LogP contribution is 2.22. The van der Waals surface area contributed by atoms with Gasteiger partial charge in [0, 0.05) is 30.8 Å². The molecule has 0 aromatic heterocycles. The van der Waals surface area contributed by atoms with Gasteiger partial charge in [0.2, 0.25) is 0 Å². The number of nitrogens with one attached hydrogen (secondary N) is 3. The van der Waals surface area contributed by atoms with Crippen molar-refractivity contribution in [1.82, 2.24) is 15.5 Å². The summed E-state index contributed by atoms with van der Waals surface area (Å²) >= 11 is 0. The van der Waals surface area contributed by atoms with Gasteiger partial charge in [0.05, 0.1) is 13.2 Å². The van der Waals surface area contributed by atoms with E-state index in [0.29, 0.717) is 24.9 Å². The molecule has 1 saturated heterocycles. The van der Waals surface area contributed by atoms with Crippen molar-refractivity contribution in [3.8, 4) is 0 Å². The molecule has 7 heteroatoms. The Morgan fingerprint density at radius 3 is 2.62 bits per heavy atom. The summed E-state index contributed by atoms with van der Waals surface area (Å²) < 4.78 is 20.1. The van der Waals surface area contributed by atoms with Crippen LogP contribution in [0.1, 0.15) is 27.9 Å². The first-order chi connectivity index (χ1) is 16.6. The Bertz CT molecular complexity index is 1140. The average molecular weight is 463 g/mol. The maximum absolute atomic E-state index is 14.7. The largest absolute Gasteiger partial charge is 0.379 e. The van der Waals surface area contributed by atoms with Crippen molar-refractivity contribution < 1.29 is 13.9 Å². The summed E-state index contributed by atoms with van der Waals surface area (Å²) in [5.74, 6) is -0.952. The Labute approximate surface area is 199 Å².